The van der Waals surface area contributed by atoms with Crippen molar-refractivity contribution < 1.29 is 0 Å². The Bertz CT molecular complexity index is 654. The molecule has 0 unspecified atom stereocenters. The quantitative estimate of drug-likeness (QED) is 0.734. The minimum absolute atomic E-state index is 0.553. The smallest absolute Gasteiger partial charge is 0.111 e. The first kappa shape index (κ1) is 13.0. The number of aryl methyl sites for hydroxylation is 1. The molecule has 106 valence electrons. The number of para-hydroxylation sites is 1. The second-order valence-corrected chi connectivity index (χ2v) is 7.08. The number of aromatic nitrogens is 2. The van der Waals surface area contributed by atoms with E-state index in [-0.39, 0.29) is 0 Å². The molecule has 0 atom stereocenters. The maximum atomic E-state index is 6.30. The molecule has 2 nitrogen and oxygen atoms in total. The van der Waals surface area contributed by atoms with Crippen LogP contribution >= 0.6 is 23.2 Å². The minimum atomic E-state index is 0.553. The number of nitrogens with zero attached hydrogens (tertiary/aromatic N) is 2. The molecule has 0 amide bonds. The fraction of sp³-hybridized carbons (Fsp3) is 0.562. The summed E-state index contributed by atoms with van der Waals surface area (Å²) in [5.74, 6) is 2.65. The summed E-state index contributed by atoms with van der Waals surface area (Å²) in [6.07, 6.45) is 6.39. The first-order chi connectivity index (χ1) is 9.73. The van der Waals surface area contributed by atoms with E-state index in [1.807, 2.05) is 12.1 Å². The number of alkyl halides is 1. The zero-order chi connectivity index (χ0) is 13.7. The van der Waals surface area contributed by atoms with E-state index in [0.29, 0.717) is 11.3 Å². The van der Waals surface area contributed by atoms with E-state index in [2.05, 4.69) is 10.6 Å². The van der Waals surface area contributed by atoms with Crippen molar-refractivity contribution in [3.63, 3.8) is 0 Å². The Morgan fingerprint density at radius 1 is 1.30 bits per heavy atom. The van der Waals surface area contributed by atoms with Crippen LogP contribution in [0.3, 0.4) is 0 Å². The molecule has 1 aromatic heterocycles. The van der Waals surface area contributed by atoms with Gasteiger partial charge < -0.3 is 4.57 Å². The maximum absolute atomic E-state index is 6.30. The van der Waals surface area contributed by atoms with Gasteiger partial charge in [0.1, 0.15) is 11.3 Å². The van der Waals surface area contributed by atoms with E-state index in [9.17, 15) is 0 Å². The standard InChI is InChI=1S/C16H18Cl2N2/c17-9-6-14-19-15-12(18)2-1-3-13(15)20(14)10-16(7-8-16)11-4-5-11/h1-3,11H,4-10H2. The average molecular weight is 309 g/mol. The summed E-state index contributed by atoms with van der Waals surface area (Å²) in [7, 11) is 0. The summed E-state index contributed by atoms with van der Waals surface area (Å²) in [6.45, 7) is 1.10. The number of halogens is 2. The lowest BCUT2D eigenvalue weighted by molar-refractivity contribution is 0.369. The van der Waals surface area contributed by atoms with Crippen molar-refractivity contribution >= 4 is 34.2 Å². The van der Waals surface area contributed by atoms with E-state index in [4.69, 9.17) is 28.2 Å². The molecule has 0 spiro atoms. The molecule has 2 aliphatic carbocycles. The normalized spacial score (nSPS) is 20.5. The van der Waals surface area contributed by atoms with Gasteiger partial charge in [-0.15, -0.1) is 11.6 Å². The SMILES string of the molecule is ClCCc1nc2c(Cl)cccc2n1CC1(C2CC2)CC1. The number of fused-ring (bicyclic) bond motifs is 1. The Morgan fingerprint density at radius 3 is 2.75 bits per heavy atom. The van der Waals surface area contributed by atoms with Crippen molar-refractivity contribution in [1.82, 2.24) is 9.55 Å². The average Bonchev–Trinajstić information content (AvgIpc) is 3.32. The van der Waals surface area contributed by atoms with Crippen molar-refractivity contribution in [2.75, 3.05) is 5.88 Å². The zero-order valence-electron chi connectivity index (χ0n) is 11.4. The predicted octanol–water partition coefficient (Wildman–Crippen LogP) is 4.66. The zero-order valence-corrected chi connectivity index (χ0v) is 12.9. The van der Waals surface area contributed by atoms with Crippen LogP contribution in [0.2, 0.25) is 5.02 Å². The third-order valence-corrected chi connectivity index (χ3v) is 5.43. The van der Waals surface area contributed by atoms with Gasteiger partial charge >= 0.3 is 0 Å². The second-order valence-electron chi connectivity index (χ2n) is 6.30. The van der Waals surface area contributed by atoms with Gasteiger partial charge in [0.15, 0.2) is 0 Å². The van der Waals surface area contributed by atoms with E-state index < -0.39 is 0 Å². The number of benzene rings is 1. The Labute approximate surface area is 129 Å². The molecule has 4 heteroatoms. The lowest BCUT2D eigenvalue weighted by Gasteiger charge is -2.17. The van der Waals surface area contributed by atoms with Crippen molar-refractivity contribution in [3.05, 3.63) is 29.0 Å². The molecule has 1 aromatic carbocycles. The summed E-state index contributed by atoms with van der Waals surface area (Å²) in [5.41, 5.74) is 2.65. The lowest BCUT2D eigenvalue weighted by atomic mass is 10.0. The third kappa shape index (κ3) is 2.05. The van der Waals surface area contributed by atoms with E-state index >= 15 is 0 Å². The van der Waals surface area contributed by atoms with E-state index in [1.165, 1.54) is 31.2 Å². The highest BCUT2D eigenvalue weighted by molar-refractivity contribution is 6.34. The number of hydrogen-bond acceptors (Lipinski definition) is 1. The highest BCUT2D eigenvalue weighted by atomic mass is 35.5. The Kier molecular flexibility index (Phi) is 3.01. The summed E-state index contributed by atoms with van der Waals surface area (Å²) in [5, 5.41) is 0.744. The molecule has 1 heterocycles. The molecule has 2 aliphatic rings. The Hall–Kier alpha value is -0.730. The molecule has 0 aliphatic heterocycles. The van der Waals surface area contributed by atoms with Crippen LogP contribution in [0, 0.1) is 11.3 Å². The molecule has 2 aromatic rings. The van der Waals surface area contributed by atoms with Crippen LogP contribution in [0.4, 0.5) is 0 Å². The van der Waals surface area contributed by atoms with Gasteiger partial charge in [-0.2, -0.15) is 0 Å². The molecule has 0 N–H and O–H groups in total. The lowest BCUT2D eigenvalue weighted by Crippen LogP contribution is -2.16. The van der Waals surface area contributed by atoms with Gasteiger partial charge in [0.05, 0.1) is 10.5 Å². The summed E-state index contributed by atoms with van der Waals surface area (Å²) < 4.78 is 2.38. The van der Waals surface area contributed by atoms with Crippen LogP contribution in [0.15, 0.2) is 18.2 Å². The van der Waals surface area contributed by atoms with Gasteiger partial charge in [-0.3, -0.25) is 0 Å². The van der Waals surface area contributed by atoms with Gasteiger partial charge in [0.25, 0.3) is 0 Å². The van der Waals surface area contributed by atoms with E-state index in [1.54, 1.807) is 0 Å². The molecule has 0 bridgehead atoms. The summed E-state index contributed by atoms with van der Waals surface area (Å²) in [4.78, 5) is 4.74. The number of imidazole rings is 1. The van der Waals surface area contributed by atoms with Crippen molar-refractivity contribution in [3.8, 4) is 0 Å². The molecule has 2 saturated carbocycles. The first-order valence-corrected chi connectivity index (χ1v) is 8.34. The number of rotatable bonds is 5. The summed E-state index contributed by atoms with van der Waals surface area (Å²) in [6, 6.07) is 6.07. The molecule has 0 radical (unpaired) electrons. The van der Waals surface area contributed by atoms with E-state index in [0.717, 1.165) is 35.2 Å². The van der Waals surface area contributed by atoms with Crippen LogP contribution in [0.5, 0.6) is 0 Å². The van der Waals surface area contributed by atoms with Crippen LogP contribution in [-0.2, 0) is 13.0 Å². The van der Waals surface area contributed by atoms with Gasteiger partial charge in [-0.05, 0) is 49.1 Å². The van der Waals surface area contributed by atoms with Crippen molar-refractivity contribution in [2.45, 2.75) is 38.6 Å². The fourth-order valence-electron chi connectivity index (χ4n) is 3.48. The fourth-order valence-corrected chi connectivity index (χ4v) is 3.86. The van der Waals surface area contributed by atoms with Gasteiger partial charge in [-0.1, -0.05) is 17.7 Å². The highest BCUT2D eigenvalue weighted by Gasteiger charge is 2.54. The molecule has 20 heavy (non-hydrogen) atoms. The predicted molar refractivity (Wildman–Crippen MR) is 83.6 cm³/mol. The Balaban J connectivity index is 1.79. The molecular weight excluding hydrogens is 291 g/mol. The third-order valence-electron chi connectivity index (χ3n) is 4.94. The number of hydrogen-bond donors (Lipinski definition) is 0. The largest absolute Gasteiger partial charge is 0.327 e. The van der Waals surface area contributed by atoms with Crippen molar-refractivity contribution in [1.29, 1.82) is 0 Å². The molecule has 4 rings (SSSR count). The van der Waals surface area contributed by atoms with Crippen LogP contribution in [0.25, 0.3) is 11.0 Å². The summed E-state index contributed by atoms with van der Waals surface area (Å²) >= 11 is 12.2. The Morgan fingerprint density at radius 2 is 2.10 bits per heavy atom. The second kappa shape index (κ2) is 4.64. The van der Waals surface area contributed by atoms with Crippen molar-refractivity contribution in [2.24, 2.45) is 11.3 Å². The van der Waals surface area contributed by atoms with Gasteiger partial charge in [-0.25, -0.2) is 4.98 Å². The minimum Gasteiger partial charge on any atom is -0.327 e. The maximum Gasteiger partial charge on any atom is 0.111 e. The first-order valence-electron chi connectivity index (χ1n) is 7.43. The highest BCUT2D eigenvalue weighted by Crippen LogP contribution is 2.62. The molecule has 2 fully saturated rings. The van der Waals surface area contributed by atoms with Crippen LogP contribution in [-0.4, -0.2) is 15.4 Å². The molecule has 0 saturated heterocycles. The molecular formula is C16H18Cl2N2. The van der Waals surface area contributed by atoms with Crippen LogP contribution in [0.1, 0.15) is 31.5 Å². The van der Waals surface area contributed by atoms with Crippen LogP contribution < -0.4 is 0 Å². The van der Waals surface area contributed by atoms with Gasteiger partial charge in [0.2, 0.25) is 0 Å². The van der Waals surface area contributed by atoms with Gasteiger partial charge in [0, 0.05) is 18.8 Å². The monoisotopic (exact) mass is 308 g/mol. The topological polar surface area (TPSA) is 17.8 Å².